The van der Waals surface area contributed by atoms with Gasteiger partial charge in [0.05, 0.1) is 0 Å². The van der Waals surface area contributed by atoms with E-state index in [0.29, 0.717) is 0 Å². The van der Waals surface area contributed by atoms with Crippen molar-refractivity contribution in [2.24, 2.45) is 11.7 Å². The van der Waals surface area contributed by atoms with Crippen molar-refractivity contribution in [3.8, 4) is 11.1 Å². The third kappa shape index (κ3) is 2.62. The van der Waals surface area contributed by atoms with Gasteiger partial charge in [0.1, 0.15) is 0 Å². The molecule has 92 valence electrons. The van der Waals surface area contributed by atoms with Crippen LogP contribution in [0.25, 0.3) is 11.1 Å². The van der Waals surface area contributed by atoms with Gasteiger partial charge < -0.3 is 5.73 Å². The molecule has 2 aromatic carbocycles. The van der Waals surface area contributed by atoms with Crippen LogP contribution in [0.1, 0.15) is 30.9 Å². The number of nitrogens with two attached hydrogens (primary N) is 1. The Hall–Kier alpha value is -1.60. The van der Waals surface area contributed by atoms with Crippen LogP contribution in [0.15, 0.2) is 54.6 Å². The van der Waals surface area contributed by atoms with Crippen LogP contribution in [0.2, 0.25) is 0 Å². The molecule has 0 aliphatic heterocycles. The van der Waals surface area contributed by atoms with E-state index in [-0.39, 0.29) is 6.04 Å². The molecule has 1 saturated carbocycles. The molecule has 0 heterocycles. The van der Waals surface area contributed by atoms with E-state index in [1.165, 1.54) is 29.5 Å². The van der Waals surface area contributed by atoms with Crippen molar-refractivity contribution in [2.75, 3.05) is 0 Å². The highest BCUT2D eigenvalue weighted by molar-refractivity contribution is 5.64. The fourth-order valence-electron chi connectivity index (χ4n) is 2.43. The number of benzene rings is 2. The fraction of sp³-hybridized carbons (Fsp3) is 0.294. The Kier molecular flexibility index (Phi) is 3.16. The molecule has 1 aliphatic rings. The summed E-state index contributed by atoms with van der Waals surface area (Å²) in [5.41, 5.74) is 10.1. The summed E-state index contributed by atoms with van der Waals surface area (Å²) in [5.74, 6) is 0.875. The van der Waals surface area contributed by atoms with E-state index in [1.807, 2.05) is 6.07 Å². The number of hydrogen-bond acceptors (Lipinski definition) is 1. The summed E-state index contributed by atoms with van der Waals surface area (Å²) in [4.78, 5) is 0. The maximum atomic E-state index is 6.28. The third-order valence-corrected chi connectivity index (χ3v) is 3.71. The van der Waals surface area contributed by atoms with Crippen molar-refractivity contribution in [3.05, 3.63) is 60.2 Å². The molecule has 1 heteroatoms. The number of rotatable bonds is 4. The predicted octanol–water partition coefficient (Wildman–Crippen LogP) is 4.15. The summed E-state index contributed by atoms with van der Waals surface area (Å²) >= 11 is 0. The summed E-state index contributed by atoms with van der Waals surface area (Å²) in [6, 6.07) is 19.3. The molecule has 3 rings (SSSR count). The van der Waals surface area contributed by atoms with E-state index in [9.17, 15) is 0 Å². The molecule has 1 aliphatic carbocycles. The molecule has 0 radical (unpaired) electrons. The molecule has 2 aromatic rings. The summed E-state index contributed by atoms with van der Waals surface area (Å²) in [6.07, 6.45) is 3.87. The van der Waals surface area contributed by atoms with Crippen LogP contribution in [0.4, 0.5) is 0 Å². The Labute approximate surface area is 109 Å². The topological polar surface area (TPSA) is 26.0 Å². The first-order valence-electron chi connectivity index (χ1n) is 6.74. The zero-order chi connectivity index (χ0) is 12.4. The minimum atomic E-state index is 0.196. The summed E-state index contributed by atoms with van der Waals surface area (Å²) < 4.78 is 0. The predicted molar refractivity (Wildman–Crippen MR) is 76.1 cm³/mol. The van der Waals surface area contributed by atoms with Crippen LogP contribution in [-0.4, -0.2) is 0 Å². The van der Waals surface area contributed by atoms with Crippen molar-refractivity contribution in [3.63, 3.8) is 0 Å². The van der Waals surface area contributed by atoms with Crippen molar-refractivity contribution in [1.29, 1.82) is 0 Å². The molecule has 0 aromatic heterocycles. The molecule has 0 bridgehead atoms. The first-order chi connectivity index (χ1) is 8.83. The maximum Gasteiger partial charge on any atom is 0.0297 e. The Morgan fingerprint density at radius 1 is 0.944 bits per heavy atom. The minimum Gasteiger partial charge on any atom is -0.324 e. The lowest BCUT2D eigenvalue weighted by Gasteiger charge is -2.13. The summed E-state index contributed by atoms with van der Waals surface area (Å²) in [6.45, 7) is 0. The van der Waals surface area contributed by atoms with Crippen LogP contribution in [0.5, 0.6) is 0 Å². The van der Waals surface area contributed by atoms with Crippen molar-refractivity contribution < 1.29 is 0 Å². The number of hydrogen-bond donors (Lipinski definition) is 1. The highest BCUT2D eigenvalue weighted by Crippen LogP contribution is 2.37. The van der Waals surface area contributed by atoms with Crippen LogP contribution >= 0.6 is 0 Å². The first-order valence-corrected chi connectivity index (χ1v) is 6.74. The Bertz CT molecular complexity index is 514. The molecule has 1 atom stereocenters. The highest BCUT2D eigenvalue weighted by atomic mass is 14.6. The van der Waals surface area contributed by atoms with Crippen LogP contribution in [0.3, 0.4) is 0 Å². The third-order valence-electron chi connectivity index (χ3n) is 3.71. The van der Waals surface area contributed by atoms with E-state index < -0.39 is 0 Å². The molecular formula is C17H19N. The molecule has 0 spiro atoms. The molecule has 0 unspecified atom stereocenters. The van der Waals surface area contributed by atoms with E-state index in [4.69, 9.17) is 5.73 Å². The minimum absolute atomic E-state index is 0.196. The SMILES string of the molecule is N[C@H](CC1CC1)c1cccc(-c2ccccc2)c1. The van der Waals surface area contributed by atoms with E-state index in [1.54, 1.807) is 0 Å². The lowest BCUT2D eigenvalue weighted by Crippen LogP contribution is -2.10. The van der Waals surface area contributed by atoms with Gasteiger partial charge in [-0.15, -0.1) is 0 Å². The second kappa shape index (κ2) is 4.95. The van der Waals surface area contributed by atoms with Gasteiger partial charge in [0.15, 0.2) is 0 Å². The molecule has 0 saturated heterocycles. The van der Waals surface area contributed by atoms with Crippen molar-refractivity contribution in [1.82, 2.24) is 0 Å². The average Bonchev–Trinajstić information content (AvgIpc) is 3.24. The second-order valence-corrected chi connectivity index (χ2v) is 5.28. The first kappa shape index (κ1) is 11.5. The zero-order valence-corrected chi connectivity index (χ0v) is 10.5. The largest absolute Gasteiger partial charge is 0.324 e. The smallest absolute Gasteiger partial charge is 0.0297 e. The van der Waals surface area contributed by atoms with E-state index >= 15 is 0 Å². The molecule has 0 amide bonds. The molecule has 1 nitrogen and oxygen atoms in total. The van der Waals surface area contributed by atoms with Gasteiger partial charge in [0.25, 0.3) is 0 Å². The summed E-state index contributed by atoms with van der Waals surface area (Å²) in [5, 5.41) is 0. The van der Waals surface area contributed by atoms with Gasteiger partial charge in [-0.05, 0) is 35.1 Å². The second-order valence-electron chi connectivity index (χ2n) is 5.28. The normalized spacial score (nSPS) is 16.5. The van der Waals surface area contributed by atoms with Gasteiger partial charge >= 0.3 is 0 Å². The van der Waals surface area contributed by atoms with Gasteiger partial charge in [0, 0.05) is 6.04 Å². The molecule has 1 fully saturated rings. The van der Waals surface area contributed by atoms with E-state index in [2.05, 4.69) is 48.5 Å². The van der Waals surface area contributed by atoms with Gasteiger partial charge in [-0.1, -0.05) is 61.4 Å². The monoisotopic (exact) mass is 237 g/mol. The summed E-state index contributed by atoms with van der Waals surface area (Å²) in [7, 11) is 0. The highest BCUT2D eigenvalue weighted by Gasteiger charge is 2.24. The van der Waals surface area contributed by atoms with Gasteiger partial charge in [-0.25, -0.2) is 0 Å². The quantitative estimate of drug-likeness (QED) is 0.849. The molecule has 2 N–H and O–H groups in total. The van der Waals surface area contributed by atoms with Gasteiger partial charge in [0.2, 0.25) is 0 Å². The van der Waals surface area contributed by atoms with Crippen LogP contribution in [0, 0.1) is 5.92 Å². The molecular weight excluding hydrogens is 218 g/mol. The van der Waals surface area contributed by atoms with Crippen LogP contribution in [-0.2, 0) is 0 Å². The van der Waals surface area contributed by atoms with Crippen molar-refractivity contribution >= 4 is 0 Å². The van der Waals surface area contributed by atoms with Gasteiger partial charge in [-0.3, -0.25) is 0 Å². The van der Waals surface area contributed by atoms with Crippen LogP contribution < -0.4 is 5.73 Å². The van der Waals surface area contributed by atoms with Gasteiger partial charge in [-0.2, -0.15) is 0 Å². The lowest BCUT2D eigenvalue weighted by atomic mass is 9.97. The zero-order valence-electron chi connectivity index (χ0n) is 10.5. The average molecular weight is 237 g/mol. The Morgan fingerprint density at radius 2 is 1.67 bits per heavy atom. The maximum absolute atomic E-state index is 6.28. The van der Waals surface area contributed by atoms with E-state index in [0.717, 1.165) is 12.3 Å². The Balaban J connectivity index is 1.84. The fourth-order valence-corrected chi connectivity index (χ4v) is 2.43. The molecule has 18 heavy (non-hydrogen) atoms. The lowest BCUT2D eigenvalue weighted by molar-refractivity contribution is 0.597. The van der Waals surface area contributed by atoms with Crippen molar-refractivity contribution in [2.45, 2.75) is 25.3 Å². The standard InChI is InChI=1S/C17H19N/c18-17(11-13-9-10-13)16-8-4-7-15(12-16)14-5-2-1-3-6-14/h1-8,12-13,17H,9-11,18H2/t17-/m1/s1. The Morgan fingerprint density at radius 3 is 2.39 bits per heavy atom.